The van der Waals surface area contributed by atoms with Crippen molar-refractivity contribution in [1.29, 1.82) is 0 Å². The molecule has 122 valence electrons. The summed E-state index contributed by atoms with van der Waals surface area (Å²) < 4.78 is 1.95. The number of hydrogen-bond donors (Lipinski definition) is 1. The summed E-state index contributed by atoms with van der Waals surface area (Å²) in [4.78, 5) is 19.1. The molecule has 1 saturated heterocycles. The van der Waals surface area contributed by atoms with Gasteiger partial charge in [-0.1, -0.05) is 12.1 Å². The van der Waals surface area contributed by atoms with Crippen LogP contribution in [-0.4, -0.2) is 28.4 Å². The first-order valence-corrected chi connectivity index (χ1v) is 8.34. The van der Waals surface area contributed by atoms with Crippen LogP contribution < -0.4 is 10.2 Å². The Balaban J connectivity index is 1.39. The third kappa shape index (κ3) is 2.97. The van der Waals surface area contributed by atoms with Gasteiger partial charge in [-0.15, -0.1) is 0 Å². The van der Waals surface area contributed by atoms with Gasteiger partial charge in [0, 0.05) is 43.7 Å². The van der Waals surface area contributed by atoms with Crippen LogP contribution in [0, 0.1) is 0 Å². The highest BCUT2D eigenvalue weighted by Crippen LogP contribution is 2.17. The van der Waals surface area contributed by atoms with Gasteiger partial charge < -0.3 is 14.6 Å². The minimum atomic E-state index is -0.0673. The van der Waals surface area contributed by atoms with Gasteiger partial charge in [-0.3, -0.25) is 4.79 Å². The number of fused-ring (bicyclic) bond motifs is 1. The van der Waals surface area contributed by atoms with E-state index in [2.05, 4.69) is 15.2 Å². The predicted molar refractivity (Wildman–Crippen MR) is 94.3 cm³/mol. The minimum Gasteiger partial charge on any atom is -0.357 e. The molecule has 0 spiro atoms. The fraction of sp³-hybridized carbons (Fsp3) is 0.263. The van der Waals surface area contributed by atoms with Crippen LogP contribution in [0.4, 0.5) is 5.82 Å². The Hall–Kier alpha value is -2.82. The van der Waals surface area contributed by atoms with E-state index in [9.17, 15) is 4.79 Å². The van der Waals surface area contributed by atoms with E-state index in [0.29, 0.717) is 12.1 Å². The van der Waals surface area contributed by atoms with E-state index in [0.717, 1.165) is 30.0 Å². The van der Waals surface area contributed by atoms with Gasteiger partial charge in [-0.25, -0.2) is 4.98 Å². The number of pyridine rings is 2. The van der Waals surface area contributed by atoms with Crippen molar-refractivity contribution in [3.8, 4) is 0 Å². The van der Waals surface area contributed by atoms with Gasteiger partial charge >= 0.3 is 0 Å². The quantitative estimate of drug-likeness (QED) is 0.804. The zero-order valence-corrected chi connectivity index (χ0v) is 13.5. The average Bonchev–Trinajstić information content (AvgIpc) is 3.29. The second-order valence-electron chi connectivity index (χ2n) is 6.16. The van der Waals surface area contributed by atoms with Crippen LogP contribution in [-0.2, 0) is 6.54 Å². The summed E-state index contributed by atoms with van der Waals surface area (Å²) in [5.74, 6) is 0.962. The first kappa shape index (κ1) is 14.8. The highest BCUT2D eigenvalue weighted by molar-refractivity contribution is 5.95. The van der Waals surface area contributed by atoms with Crippen LogP contribution in [0.2, 0.25) is 0 Å². The number of nitrogens with one attached hydrogen (secondary N) is 1. The largest absolute Gasteiger partial charge is 0.357 e. The molecule has 0 saturated carbocycles. The number of aromatic nitrogens is 2. The zero-order chi connectivity index (χ0) is 16.4. The Bertz CT molecular complexity index is 814. The number of carbonyl (C=O) groups is 1. The van der Waals surface area contributed by atoms with E-state index < -0.39 is 0 Å². The fourth-order valence-corrected chi connectivity index (χ4v) is 3.12. The molecular formula is C19H20N4O. The summed E-state index contributed by atoms with van der Waals surface area (Å²) in [7, 11) is 0. The van der Waals surface area contributed by atoms with Gasteiger partial charge in [-0.05, 0) is 42.7 Å². The molecular weight excluding hydrogens is 300 g/mol. The Kier molecular flexibility index (Phi) is 3.91. The lowest BCUT2D eigenvalue weighted by Gasteiger charge is -2.16. The summed E-state index contributed by atoms with van der Waals surface area (Å²) in [6, 6.07) is 11.9. The molecule has 5 nitrogen and oxygen atoms in total. The van der Waals surface area contributed by atoms with Crippen LogP contribution in [0.5, 0.6) is 0 Å². The predicted octanol–water partition coefficient (Wildman–Crippen LogP) is 2.86. The molecule has 3 aromatic heterocycles. The third-order valence-corrected chi connectivity index (χ3v) is 4.46. The monoisotopic (exact) mass is 320 g/mol. The molecule has 4 heterocycles. The standard InChI is InChI=1S/C19H20N4O/c24-19(16-11-17-5-1-2-10-23(17)14-16)21-13-15-6-7-18(20-12-15)22-8-3-4-9-22/h1-2,5-7,10-12,14H,3-4,8-9,13H2,(H,21,24). The second kappa shape index (κ2) is 6.35. The van der Waals surface area contributed by atoms with E-state index in [1.54, 1.807) is 0 Å². The van der Waals surface area contributed by atoms with Gasteiger partial charge in [0.05, 0.1) is 5.56 Å². The molecule has 4 rings (SSSR count). The van der Waals surface area contributed by atoms with E-state index >= 15 is 0 Å². The zero-order valence-electron chi connectivity index (χ0n) is 13.5. The molecule has 3 aromatic rings. The van der Waals surface area contributed by atoms with Crippen LogP contribution in [0.15, 0.2) is 55.0 Å². The molecule has 0 radical (unpaired) electrons. The SMILES string of the molecule is O=C(NCc1ccc(N2CCCC2)nc1)c1cc2ccccn2c1. The molecule has 0 unspecified atom stereocenters. The molecule has 24 heavy (non-hydrogen) atoms. The average molecular weight is 320 g/mol. The van der Waals surface area contributed by atoms with Crippen molar-refractivity contribution in [3.63, 3.8) is 0 Å². The maximum atomic E-state index is 12.3. The third-order valence-electron chi connectivity index (χ3n) is 4.46. The number of rotatable bonds is 4. The van der Waals surface area contributed by atoms with Crippen molar-refractivity contribution < 1.29 is 4.79 Å². The molecule has 1 aliphatic rings. The smallest absolute Gasteiger partial charge is 0.253 e. The molecule has 0 bridgehead atoms. The van der Waals surface area contributed by atoms with Gasteiger partial charge in [0.2, 0.25) is 0 Å². The molecule has 0 aliphatic carbocycles. The fourth-order valence-electron chi connectivity index (χ4n) is 3.12. The Morgan fingerprint density at radius 1 is 1.17 bits per heavy atom. The van der Waals surface area contributed by atoms with Crippen LogP contribution >= 0.6 is 0 Å². The number of hydrogen-bond acceptors (Lipinski definition) is 3. The maximum absolute atomic E-state index is 12.3. The van der Waals surface area contributed by atoms with Crippen molar-refractivity contribution in [1.82, 2.24) is 14.7 Å². The van der Waals surface area contributed by atoms with Crippen molar-refractivity contribution in [2.45, 2.75) is 19.4 Å². The first-order valence-electron chi connectivity index (χ1n) is 8.34. The summed E-state index contributed by atoms with van der Waals surface area (Å²) in [6.45, 7) is 2.66. The highest BCUT2D eigenvalue weighted by atomic mass is 16.1. The molecule has 1 fully saturated rings. The number of amides is 1. The van der Waals surface area contributed by atoms with Crippen LogP contribution in [0.25, 0.3) is 5.52 Å². The van der Waals surface area contributed by atoms with Gasteiger partial charge in [0.15, 0.2) is 0 Å². The highest BCUT2D eigenvalue weighted by Gasteiger charge is 2.13. The lowest BCUT2D eigenvalue weighted by molar-refractivity contribution is 0.0951. The second-order valence-corrected chi connectivity index (χ2v) is 6.16. The lowest BCUT2D eigenvalue weighted by Crippen LogP contribution is -2.23. The Labute approximate surface area is 140 Å². The normalized spacial score (nSPS) is 14.2. The summed E-state index contributed by atoms with van der Waals surface area (Å²) in [5, 5.41) is 2.96. The maximum Gasteiger partial charge on any atom is 0.253 e. The molecule has 1 N–H and O–H groups in total. The van der Waals surface area contributed by atoms with Crippen molar-refractivity contribution in [2.75, 3.05) is 18.0 Å². The minimum absolute atomic E-state index is 0.0673. The molecule has 1 aliphatic heterocycles. The van der Waals surface area contributed by atoms with Gasteiger partial charge in [0.25, 0.3) is 5.91 Å². The Morgan fingerprint density at radius 3 is 2.79 bits per heavy atom. The van der Waals surface area contributed by atoms with E-state index in [4.69, 9.17) is 0 Å². The van der Waals surface area contributed by atoms with E-state index in [1.807, 2.05) is 59.4 Å². The van der Waals surface area contributed by atoms with Crippen molar-refractivity contribution in [3.05, 3.63) is 66.1 Å². The topological polar surface area (TPSA) is 49.6 Å². The first-order chi connectivity index (χ1) is 11.8. The van der Waals surface area contributed by atoms with Crippen molar-refractivity contribution >= 4 is 17.2 Å². The van der Waals surface area contributed by atoms with Crippen LogP contribution in [0.3, 0.4) is 0 Å². The molecule has 0 aromatic carbocycles. The summed E-state index contributed by atoms with van der Waals surface area (Å²) in [5.41, 5.74) is 2.69. The number of anilines is 1. The van der Waals surface area contributed by atoms with Crippen LogP contribution in [0.1, 0.15) is 28.8 Å². The van der Waals surface area contributed by atoms with Gasteiger partial charge in [-0.2, -0.15) is 0 Å². The van der Waals surface area contributed by atoms with Crippen molar-refractivity contribution in [2.24, 2.45) is 0 Å². The lowest BCUT2D eigenvalue weighted by atomic mass is 10.2. The van der Waals surface area contributed by atoms with E-state index in [1.165, 1.54) is 12.8 Å². The summed E-state index contributed by atoms with van der Waals surface area (Å²) >= 11 is 0. The number of nitrogens with zero attached hydrogens (tertiary/aromatic N) is 3. The molecule has 1 amide bonds. The van der Waals surface area contributed by atoms with Gasteiger partial charge in [0.1, 0.15) is 5.82 Å². The van der Waals surface area contributed by atoms with E-state index in [-0.39, 0.29) is 5.91 Å². The Morgan fingerprint density at radius 2 is 2.04 bits per heavy atom. The molecule has 0 atom stereocenters. The summed E-state index contributed by atoms with van der Waals surface area (Å²) in [6.07, 6.45) is 8.12. The molecule has 5 heteroatoms. The number of carbonyl (C=O) groups excluding carboxylic acids is 1.